The van der Waals surface area contributed by atoms with Crippen LogP contribution in [0.15, 0.2) is 59.8 Å². The number of aromatic nitrogens is 4. The van der Waals surface area contributed by atoms with E-state index < -0.39 is 23.1 Å². The Hall–Kier alpha value is -3.75. The van der Waals surface area contributed by atoms with E-state index in [4.69, 9.17) is 0 Å². The maximum atomic E-state index is 13.5. The Morgan fingerprint density at radius 3 is 2.44 bits per heavy atom. The lowest BCUT2D eigenvalue weighted by Crippen LogP contribution is -2.40. The van der Waals surface area contributed by atoms with Crippen LogP contribution in [0.25, 0.3) is 10.9 Å². The molecule has 0 bridgehead atoms. The molecule has 0 radical (unpaired) electrons. The monoisotopic (exact) mass is 684 g/mol. The standard InChI is InChI=1S/C34H43F3N8O2S/c1-23(22-44-13-9-25(10-14-44)26-7-8-30-31(19-26)43(3)42-32(30)38-2)17-24-5-4-6-29(18-24)48(46)45-15-11-27(12-16-45)41-33-39-20-28(21-40-33)47-34(35,36)37/h4-8,18-21,23,25,27H,9-17,22H2,1-3H3,(H,38,42)(H,39,40,41). The van der Waals surface area contributed by atoms with Gasteiger partial charge in [-0.25, -0.2) is 18.5 Å². The molecule has 0 saturated carbocycles. The third-order valence-corrected chi connectivity index (χ3v) is 10.8. The summed E-state index contributed by atoms with van der Waals surface area (Å²) in [5.74, 6) is 1.71. The van der Waals surface area contributed by atoms with Gasteiger partial charge in [0.2, 0.25) is 5.95 Å². The van der Waals surface area contributed by atoms with Gasteiger partial charge in [-0.1, -0.05) is 25.1 Å². The molecule has 258 valence electrons. The molecule has 2 aliphatic heterocycles. The van der Waals surface area contributed by atoms with Crippen molar-refractivity contribution in [2.45, 2.75) is 62.2 Å². The van der Waals surface area contributed by atoms with E-state index in [9.17, 15) is 17.4 Å². The highest BCUT2D eigenvalue weighted by Gasteiger charge is 2.31. The molecule has 2 N–H and O–H groups in total. The van der Waals surface area contributed by atoms with Crippen molar-refractivity contribution in [3.63, 3.8) is 0 Å². The fourth-order valence-corrected chi connectivity index (χ4v) is 8.21. The van der Waals surface area contributed by atoms with Crippen LogP contribution < -0.4 is 15.4 Å². The number of hydrogen-bond acceptors (Lipinski definition) is 8. The van der Waals surface area contributed by atoms with Crippen LogP contribution in [-0.2, 0) is 24.5 Å². The summed E-state index contributed by atoms with van der Waals surface area (Å²) in [6.45, 7) is 6.72. The van der Waals surface area contributed by atoms with E-state index in [0.29, 0.717) is 37.8 Å². The number of benzene rings is 2. The van der Waals surface area contributed by atoms with E-state index in [1.165, 1.54) is 16.6 Å². The topological polar surface area (TPSA) is 100 Å². The van der Waals surface area contributed by atoms with Gasteiger partial charge in [-0.3, -0.25) is 4.68 Å². The summed E-state index contributed by atoms with van der Waals surface area (Å²) in [5, 5.41) is 12.1. The lowest BCUT2D eigenvalue weighted by atomic mass is 9.88. The quantitative estimate of drug-likeness (QED) is 0.200. The minimum Gasteiger partial charge on any atom is -0.402 e. The second-order valence-electron chi connectivity index (χ2n) is 12.9. The molecular formula is C34H43F3N8O2S. The number of ether oxygens (including phenoxy) is 1. The van der Waals surface area contributed by atoms with Crippen molar-refractivity contribution in [3.05, 3.63) is 66.0 Å². The number of alkyl halides is 3. The van der Waals surface area contributed by atoms with Gasteiger partial charge in [0.05, 0.1) is 22.8 Å². The van der Waals surface area contributed by atoms with Crippen molar-refractivity contribution < 1.29 is 22.1 Å². The molecule has 2 aliphatic rings. The van der Waals surface area contributed by atoms with Crippen molar-refractivity contribution in [1.29, 1.82) is 0 Å². The lowest BCUT2D eigenvalue weighted by Gasteiger charge is -2.34. The predicted octanol–water partition coefficient (Wildman–Crippen LogP) is 5.96. The molecule has 6 rings (SSSR count). The van der Waals surface area contributed by atoms with E-state index in [-0.39, 0.29) is 12.0 Å². The summed E-state index contributed by atoms with van der Waals surface area (Å²) in [4.78, 5) is 11.3. The molecule has 2 fully saturated rings. The summed E-state index contributed by atoms with van der Waals surface area (Å²) in [7, 11) is 2.63. The first-order valence-corrected chi connectivity index (χ1v) is 17.6. The molecule has 4 heterocycles. The summed E-state index contributed by atoms with van der Waals surface area (Å²) in [6, 6.07) is 14.9. The molecule has 2 aromatic heterocycles. The predicted molar refractivity (Wildman–Crippen MR) is 181 cm³/mol. The molecule has 2 unspecified atom stereocenters. The maximum Gasteiger partial charge on any atom is 0.573 e. The Morgan fingerprint density at radius 2 is 1.75 bits per heavy atom. The van der Waals surface area contributed by atoms with Crippen molar-refractivity contribution in [2.75, 3.05) is 50.4 Å². The normalized spacial score (nSPS) is 18.5. The second kappa shape index (κ2) is 14.8. The van der Waals surface area contributed by atoms with Crippen LogP contribution >= 0.6 is 0 Å². The van der Waals surface area contributed by atoms with Crippen molar-refractivity contribution in [3.8, 4) is 5.75 Å². The van der Waals surface area contributed by atoms with Crippen LogP contribution in [0.2, 0.25) is 0 Å². The van der Waals surface area contributed by atoms with E-state index in [1.54, 1.807) is 0 Å². The van der Waals surface area contributed by atoms with E-state index >= 15 is 0 Å². The zero-order chi connectivity index (χ0) is 33.8. The van der Waals surface area contributed by atoms with Crippen LogP contribution in [0.4, 0.5) is 24.9 Å². The fourth-order valence-electron chi connectivity index (χ4n) is 6.93. The average molecular weight is 685 g/mol. The summed E-state index contributed by atoms with van der Waals surface area (Å²) in [5.41, 5.74) is 3.76. The van der Waals surface area contributed by atoms with Crippen molar-refractivity contribution in [2.24, 2.45) is 13.0 Å². The minimum absolute atomic E-state index is 0.0288. The molecule has 2 aromatic carbocycles. The van der Waals surface area contributed by atoms with Crippen LogP contribution in [0, 0.1) is 5.92 Å². The smallest absolute Gasteiger partial charge is 0.402 e. The van der Waals surface area contributed by atoms with Gasteiger partial charge >= 0.3 is 6.36 Å². The number of rotatable bonds is 11. The molecule has 2 saturated heterocycles. The zero-order valence-electron chi connectivity index (χ0n) is 27.5. The maximum absolute atomic E-state index is 13.5. The number of anilines is 2. The molecule has 48 heavy (non-hydrogen) atoms. The van der Waals surface area contributed by atoms with Gasteiger partial charge in [0.1, 0.15) is 11.0 Å². The SMILES string of the molecule is CNc1nn(C)c2cc(C3CCN(CC(C)Cc4cccc(S(=O)N5CCC(Nc6ncc(OC(F)(F)F)cn6)CC5)c4)CC3)ccc12. The largest absolute Gasteiger partial charge is 0.573 e. The Kier molecular flexibility index (Phi) is 10.5. The highest BCUT2D eigenvalue weighted by atomic mass is 32.2. The summed E-state index contributed by atoms with van der Waals surface area (Å²) < 4.78 is 58.4. The van der Waals surface area contributed by atoms with Gasteiger partial charge in [0.25, 0.3) is 0 Å². The molecule has 0 amide bonds. The van der Waals surface area contributed by atoms with Gasteiger partial charge in [-0.05, 0) is 92.4 Å². The molecule has 0 spiro atoms. The summed E-state index contributed by atoms with van der Waals surface area (Å²) >= 11 is 0. The molecule has 10 nitrogen and oxygen atoms in total. The van der Waals surface area contributed by atoms with Gasteiger partial charge in [0.15, 0.2) is 11.6 Å². The van der Waals surface area contributed by atoms with Crippen LogP contribution in [0.1, 0.15) is 49.7 Å². The van der Waals surface area contributed by atoms with E-state index in [1.807, 2.05) is 35.2 Å². The van der Waals surface area contributed by atoms with E-state index in [2.05, 4.69) is 72.6 Å². The summed E-state index contributed by atoms with van der Waals surface area (Å²) in [6.07, 6.45) is 1.83. The zero-order valence-corrected chi connectivity index (χ0v) is 28.4. The molecule has 14 heteroatoms. The molecular weight excluding hydrogens is 641 g/mol. The van der Waals surface area contributed by atoms with Gasteiger partial charge in [0, 0.05) is 45.2 Å². The number of likely N-dealkylation sites (tertiary alicyclic amines) is 1. The van der Waals surface area contributed by atoms with Gasteiger partial charge in [-0.15, -0.1) is 13.2 Å². The third kappa shape index (κ3) is 8.45. The number of nitrogens with zero attached hydrogens (tertiary/aromatic N) is 6. The molecule has 0 aliphatic carbocycles. The van der Waals surface area contributed by atoms with Crippen LogP contribution in [0.5, 0.6) is 5.75 Å². The minimum atomic E-state index is -4.79. The first-order chi connectivity index (χ1) is 23.0. The van der Waals surface area contributed by atoms with E-state index in [0.717, 1.165) is 67.4 Å². The average Bonchev–Trinajstić information content (AvgIpc) is 3.40. The Morgan fingerprint density at radius 1 is 1.02 bits per heavy atom. The van der Waals surface area contributed by atoms with Crippen molar-refractivity contribution >= 4 is 33.7 Å². The first-order valence-electron chi connectivity index (χ1n) is 16.5. The number of hydrogen-bond donors (Lipinski definition) is 2. The highest BCUT2D eigenvalue weighted by Crippen LogP contribution is 2.32. The van der Waals surface area contributed by atoms with Crippen LogP contribution in [-0.4, -0.2) is 85.3 Å². The molecule has 2 atom stereocenters. The van der Waals surface area contributed by atoms with Crippen LogP contribution in [0.3, 0.4) is 0 Å². The Bertz CT molecular complexity index is 1700. The number of piperidine rings is 2. The van der Waals surface area contributed by atoms with Crippen molar-refractivity contribution in [1.82, 2.24) is 29.0 Å². The lowest BCUT2D eigenvalue weighted by molar-refractivity contribution is -0.274. The number of fused-ring (bicyclic) bond motifs is 1. The first kappa shape index (κ1) is 34.1. The highest BCUT2D eigenvalue weighted by molar-refractivity contribution is 7.82. The number of halogens is 3. The van der Waals surface area contributed by atoms with Gasteiger partial charge in [-0.2, -0.15) is 5.10 Å². The second-order valence-corrected chi connectivity index (χ2v) is 14.4. The Balaban J connectivity index is 0.950. The van der Waals surface area contributed by atoms with Gasteiger partial charge < -0.3 is 20.3 Å². The Labute approximate surface area is 281 Å². The number of nitrogens with one attached hydrogen (secondary N) is 2. The third-order valence-electron chi connectivity index (χ3n) is 9.31. The number of aryl methyl sites for hydroxylation is 1. The molecule has 4 aromatic rings. The fraction of sp³-hybridized carbons (Fsp3) is 0.500.